The third-order valence-electron chi connectivity index (χ3n) is 3.53. The molecule has 0 fully saturated rings. The van der Waals surface area contributed by atoms with Crippen molar-refractivity contribution in [3.63, 3.8) is 0 Å². The van der Waals surface area contributed by atoms with Crippen LogP contribution < -0.4 is 5.32 Å². The summed E-state index contributed by atoms with van der Waals surface area (Å²) >= 11 is 0. The monoisotopic (exact) mass is 296 g/mol. The number of aliphatic carboxylic acids is 1. The van der Waals surface area contributed by atoms with E-state index in [1.807, 2.05) is 19.9 Å². The molecule has 0 aliphatic heterocycles. The molecule has 0 bridgehead atoms. The summed E-state index contributed by atoms with van der Waals surface area (Å²) in [6.07, 6.45) is 4.39. The molecule has 1 aliphatic rings. The van der Waals surface area contributed by atoms with Gasteiger partial charge in [0, 0.05) is 13.6 Å². The van der Waals surface area contributed by atoms with Crippen LogP contribution in [0, 0.1) is 17.8 Å². The fourth-order valence-corrected chi connectivity index (χ4v) is 2.31. The Morgan fingerprint density at radius 1 is 1.24 bits per heavy atom. The lowest BCUT2D eigenvalue weighted by atomic mass is 9.82. The van der Waals surface area contributed by atoms with Crippen LogP contribution in [0.2, 0.25) is 0 Å². The lowest BCUT2D eigenvalue weighted by Crippen LogP contribution is -2.44. The first kappa shape index (κ1) is 17.2. The molecular weight excluding hydrogens is 272 g/mol. The fourth-order valence-electron chi connectivity index (χ4n) is 2.31. The third-order valence-corrected chi connectivity index (χ3v) is 3.53. The van der Waals surface area contributed by atoms with Crippen LogP contribution in [-0.4, -0.2) is 47.9 Å². The van der Waals surface area contributed by atoms with Gasteiger partial charge in [0.25, 0.3) is 0 Å². The highest BCUT2D eigenvalue weighted by Gasteiger charge is 2.35. The van der Waals surface area contributed by atoms with Gasteiger partial charge in [0.05, 0.1) is 18.4 Å². The van der Waals surface area contributed by atoms with Crippen molar-refractivity contribution >= 4 is 17.8 Å². The van der Waals surface area contributed by atoms with Gasteiger partial charge in [-0.15, -0.1) is 0 Å². The van der Waals surface area contributed by atoms with E-state index in [1.54, 1.807) is 6.08 Å². The zero-order valence-corrected chi connectivity index (χ0v) is 12.8. The molecule has 0 aromatic carbocycles. The standard InChI is InChI=1S/C15H24N2O4/c1-10(2)8-16-13(18)9-17(3)14(19)11-6-4-5-7-12(11)15(20)21/h4-5,10-12H,6-9H2,1-3H3,(H,16,18)(H,20,21). The number of carboxylic acids is 1. The summed E-state index contributed by atoms with van der Waals surface area (Å²) in [7, 11) is 1.54. The van der Waals surface area contributed by atoms with Crippen LogP contribution in [0.3, 0.4) is 0 Å². The molecule has 118 valence electrons. The number of amides is 2. The van der Waals surface area contributed by atoms with Gasteiger partial charge in [-0.25, -0.2) is 0 Å². The Bertz CT molecular complexity index is 431. The Kier molecular flexibility index (Phi) is 6.39. The van der Waals surface area contributed by atoms with Crippen LogP contribution in [0.15, 0.2) is 12.2 Å². The van der Waals surface area contributed by atoms with Crippen LogP contribution in [0.25, 0.3) is 0 Å². The van der Waals surface area contributed by atoms with Gasteiger partial charge in [0.15, 0.2) is 0 Å². The highest BCUT2D eigenvalue weighted by Crippen LogP contribution is 2.27. The molecule has 0 saturated carbocycles. The van der Waals surface area contributed by atoms with Crippen molar-refractivity contribution in [2.24, 2.45) is 17.8 Å². The summed E-state index contributed by atoms with van der Waals surface area (Å²) in [5.41, 5.74) is 0. The van der Waals surface area contributed by atoms with Crippen LogP contribution >= 0.6 is 0 Å². The van der Waals surface area contributed by atoms with Crippen LogP contribution in [0.4, 0.5) is 0 Å². The zero-order valence-electron chi connectivity index (χ0n) is 12.8. The normalized spacial score (nSPS) is 21.1. The van der Waals surface area contributed by atoms with Gasteiger partial charge >= 0.3 is 5.97 Å². The molecule has 0 saturated heterocycles. The van der Waals surface area contributed by atoms with Crippen LogP contribution in [0.5, 0.6) is 0 Å². The Labute approximate surface area is 125 Å². The van der Waals surface area contributed by atoms with Crippen molar-refractivity contribution in [3.8, 4) is 0 Å². The molecule has 1 rings (SSSR count). The quantitative estimate of drug-likeness (QED) is 0.713. The van der Waals surface area contributed by atoms with Gasteiger partial charge in [-0.1, -0.05) is 26.0 Å². The molecule has 0 aromatic rings. The van der Waals surface area contributed by atoms with Gasteiger partial charge in [-0.3, -0.25) is 14.4 Å². The maximum Gasteiger partial charge on any atom is 0.307 e. The zero-order chi connectivity index (χ0) is 16.0. The number of hydrogen-bond acceptors (Lipinski definition) is 3. The van der Waals surface area contributed by atoms with E-state index in [-0.39, 0.29) is 18.4 Å². The maximum atomic E-state index is 12.3. The molecule has 1 aliphatic carbocycles. The molecule has 0 spiro atoms. The van der Waals surface area contributed by atoms with E-state index in [0.717, 1.165) is 0 Å². The molecule has 6 nitrogen and oxygen atoms in total. The third kappa shape index (κ3) is 5.21. The molecule has 6 heteroatoms. The van der Waals surface area contributed by atoms with Crippen molar-refractivity contribution in [2.75, 3.05) is 20.1 Å². The number of carbonyl (C=O) groups excluding carboxylic acids is 2. The molecular formula is C15H24N2O4. The summed E-state index contributed by atoms with van der Waals surface area (Å²) in [4.78, 5) is 36.6. The Hall–Kier alpha value is -1.85. The largest absolute Gasteiger partial charge is 0.481 e. The van der Waals surface area contributed by atoms with E-state index in [9.17, 15) is 19.5 Å². The Morgan fingerprint density at radius 3 is 2.33 bits per heavy atom. The average Bonchev–Trinajstić information content (AvgIpc) is 2.44. The summed E-state index contributed by atoms with van der Waals surface area (Å²) in [6, 6.07) is 0. The van der Waals surface area contributed by atoms with E-state index in [2.05, 4.69) is 5.32 Å². The predicted molar refractivity (Wildman–Crippen MR) is 78.5 cm³/mol. The summed E-state index contributed by atoms with van der Waals surface area (Å²) in [5, 5.41) is 11.9. The highest BCUT2D eigenvalue weighted by molar-refractivity contribution is 5.88. The summed E-state index contributed by atoms with van der Waals surface area (Å²) in [6.45, 7) is 4.49. The van der Waals surface area contributed by atoms with Crippen LogP contribution in [-0.2, 0) is 14.4 Å². The van der Waals surface area contributed by atoms with E-state index in [0.29, 0.717) is 25.3 Å². The Morgan fingerprint density at radius 2 is 1.81 bits per heavy atom. The van der Waals surface area contributed by atoms with Gasteiger partial charge in [0.1, 0.15) is 0 Å². The van der Waals surface area contributed by atoms with Crippen LogP contribution in [0.1, 0.15) is 26.7 Å². The Balaban J connectivity index is 2.58. The van der Waals surface area contributed by atoms with Crippen molar-refractivity contribution in [3.05, 3.63) is 12.2 Å². The lowest BCUT2D eigenvalue weighted by molar-refractivity contribution is -0.150. The van der Waals surface area contributed by atoms with Gasteiger partial charge in [-0.2, -0.15) is 0 Å². The van der Waals surface area contributed by atoms with Gasteiger partial charge in [-0.05, 0) is 18.8 Å². The first-order chi connectivity index (χ1) is 9.82. The molecule has 2 atom stereocenters. The van der Waals surface area contributed by atoms with E-state index >= 15 is 0 Å². The first-order valence-electron chi connectivity index (χ1n) is 7.22. The lowest BCUT2D eigenvalue weighted by Gasteiger charge is -2.28. The number of rotatable bonds is 6. The molecule has 0 heterocycles. The number of nitrogens with one attached hydrogen (secondary N) is 1. The number of hydrogen-bond donors (Lipinski definition) is 2. The molecule has 2 unspecified atom stereocenters. The maximum absolute atomic E-state index is 12.3. The summed E-state index contributed by atoms with van der Waals surface area (Å²) in [5.74, 6) is -2.42. The van der Waals surface area contributed by atoms with Crippen molar-refractivity contribution < 1.29 is 19.5 Å². The molecule has 0 radical (unpaired) electrons. The minimum absolute atomic E-state index is 0.0435. The topological polar surface area (TPSA) is 86.7 Å². The van der Waals surface area contributed by atoms with Crippen molar-refractivity contribution in [2.45, 2.75) is 26.7 Å². The smallest absolute Gasteiger partial charge is 0.307 e. The second kappa shape index (κ2) is 7.81. The predicted octanol–water partition coefficient (Wildman–Crippen LogP) is 0.884. The fraction of sp³-hybridized carbons (Fsp3) is 0.667. The minimum atomic E-state index is -0.963. The summed E-state index contributed by atoms with van der Waals surface area (Å²) < 4.78 is 0. The van der Waals surface area contributed by atoms with Crippen molar-refractivity contribution in [1.82, 2.24) is 10.2 Å². The average molecular weight is 296 g/mol. The second-order valence-electron chi connectivity index (χ2n) is 5.89. The molecule has 2 N–H and O–H groups in total. The van der Waals surface area contributed by atoms with E-state index in [1.165, 1.54) is 11.9 Å². The second-order valence-corrected chi connectivity index (χ2v) is 5.89. The molecule has 0 aromatic heterocycles. The highest BCUT2D eigenvalue weighted by atomic mass is 16.4. The molecule has 2 amide bonds. The number of carboxylic acid groups (broad SMARTS) is 1. The van der Waals surface area contributed by atoms with Crippen molar-refractivity contribution in [1.29, 1.82) is 0 Å². The van der Waals surface area contributed by atoms with E-state index < -0.39 is 17.8 Å². The van der Waals surface area contributed by atoms with Gasteiger partial charge in [0.2, 0.25) is 11.8 Å². The molecule has 21 heavy (non-hydrogen) atoms. The van der Waals surface area contributed by atoms with E-state index in [4.69, 9.17) is 0 Å². The minimum Gasteiger partial charge on any atom is -0.481 e. The number of carbonyl (C=O) groups is 3. The number of likely N-dealkylation sites (N-methyl/N-ethyl adjacent to an activating group) is 1. The SMILES string of the molecule is CC(C)CNC(=O)CN(C)C(=O)C1CC=CCC1C(=O)O. The number of allylic oxidation sites excluding steroid dienone is 2. The van der Waals surface area contributed by atoms with Gasteiger partial charge < -0.3 is 15.3 Å². The number of nitrogens with zero attached hydrogens (tertiary/aromatic N) is 1. The first-order valence-corrected chi connectivity index (χ1v) is 7.22.